The molecule has 0 aliphatic heterocycles. The molecule has 0 radical (unpaired) electrons. The molecule has 3 rings (SSSR count). The van der Waals surface area contributed by atoms with Crippen molar-refractivity contribution < 1.29 is 9.47 Å². The van der Waals surface area contributed by atoms with Crippen LogP contribution in [-0.2, 0) is 4.74 Å². The molecular weight excluding hydrogens is 346 g/mol. The zero-order valence-electron chi connectivity index (χ0n) is 15.3. The van der Waals surface area contributed by atoms with Crippen molar-refractivity contribution in [1.82, 2.24) is 14.8 Å². The number of aryl methyl sites for hydroxylation is 1. The Bertz CT molecular complexity index is 829. The van der Waals surface area contributed by atoms with Crippen molar-refractivity contribution in [3.63, 3.8) is 0 Å². The molecule has 6 heteroatoms. The van der Waals surface area contributed by atoms with Gasteiger partial charge in [0.25, 0.3) is 0 Å². The highest BCUT2D eigenvalue weighted by Gasteiger charge is 2.16. The zero-order valence-corrected chi connectivity index (χ0v) is 16.1. The SMILES string of the molecule is CCOCCSc1nnc(-c2ccc(OC)cc2)n1-c1ccc(C)cc1. The van der Waals surface area contributed by atoms with Gasteiger partial charge in [-0.15, -0.1) is 10.2 Å². The van der Waals surface area contributed by atoms with Gasteiger partial charge in [0.1, 0.15) is 5.75 Å². The molecule has 5 nitrogen and oxygen atoms in total. The third kappa shape index (κ3) is 4.26. The van der Waals surface area contributed by atoms with Gasteiger partial charge < -0.3 is 9.47 Å². The summed E-state index contributed by atoms with van der Waals surface area (Å²) < 4.78 is 12.8. The number of aromatic nitrogens is 3. The van der Waals surface area contributed by atoms with Gasteiger partial charge >= 0.3 is 0 Å². The van der Waals surface area contributed by atoms with E-state index in [1.165, 1.54) is 5.56 Å². The molecule has 0 saturated heterocycles. The van der Waals surface area contributed by atoms with Crippen LogP contribution in [0.3, 0.4) is 0 Å². The van der Waals surface area contributed by atoms with Crippen LogP contribution in [0.5, 0.6) is 5.75 Å². The first-order valence-corrected chi connectivity index (χ1v) is 9.59. The lowest BCUT2D eigenvalue weighted by Gasteiger charge is -2.11. The van der Waals surface area contributed by atoms with Crippen molar-refractivity contribution in [2.75, 3.05) is 26.1 Å². The van der Waals surface area contributed by atoms with Crippen molar-refractivity contribution in [3.05, 3.63) is 54.1 Å². The van der Waals surface area contributed by atoms with E-state index >= 15 is 0 Å². The minimum Gasteiger partial charge on any atom is -0.497 e. The Morgan fingerprint density at radius 3 is 2.38 bits per heavy atom. The van der Waals surface area contributed by atoms with Crippen LogP contribution >= 0.6 is 11.8 Å². The highest BCUT2D eigenvalue weighted by atomic mass is 32.2. The Balaban J connectivity index is 1.97. The van der Waals surface area contributed by atoms with Gasteiger partial charge in [-0.3, -0.25) is 4.57 Å². The normalized spacial score (nSPS) is 10.9. The Morgan fingerprint density at radius 2 is 1.73 bits per heavy atom. The van der Waals surface area contributed by atoms with Crippen molar-refractivity contribution in [2.45, 2.75) is 19.0 Å². The van der Waals surface area contributed by atoms with Gasteiger partial charge in [0.15, 0.2) is 11.0 Å². The van der Waals surface area contributed by atoms with Gasteiger partial charge in [-0.1, -0.05) is 29.5 Å². The first-order chi connectivity index (χ1) is 12.7. The van der Waals surface area contributed by atoms with E-state index in [4.69, 9.17) is 9.47 Å². The van der Waals surface area contributed by atoms with Crippen molar-refractivity contribution in [1.29, 1.82) is 0 Å². The molecule has 26 heavy (non-hydrogen) atoms. The van der Waals surface area contributed by atoms with Crippen molar-refractivity contribution in [3.8, 4) is 22.8 Å². The maximum absolute atomic E-state index is 5.44. The average molecular weight is 369 g/mol. The Labute approximate surface area is 158 Å². The van der Waals surface area contributed by atoms with E-state index in [0.29, 0.717) is 6.61 Å². The van der Waals surface area contributed by atoms with Gasteiger partial charge in [0.2, 0.25) is 0 Å². The third-order valence-electron chi connectivity index (χ3n) is 3.94. The second kappa shape index (κ2) is 8.87. The number of ether oxygens (including phenoxy) is 2. The molecule has 0 aliphatic carbocycles. The number of hydrogen-bond donors (Lipinski definition) is 0. The van der Waals surface area contributed by atoms with E-state index in [1.807, 2.05) is 31.2 Å². The molecule has 0 unspecified atom stereocenters. The minimum absolute atomic E-state index is 0.694. The van der Waals surface area contributed by atoms with E-state index in [0.717, 1.165) is 40.3 Å². The summed E-state index contributed by atoms with van der Waals surface area (Å²) in [5, 5.41) is 9.73. The molecular formula is C20H23N3O2S. The smallest absolute Gasteiger partial charge is 0.196 e. The topological polar surface area (TPSA) is 49.2 Å². The molecule has 0 aliphatic rings. The number of hydrogen-bond acceptors (Lipinski definition) is 5. The van der Waals surface area contributed by atoms with E-state index in [2.05, 4.69) is 46.0 Å². The fourth-order valence-electron chi connectivity index (χ4n) is 2.55. The van der Waals surface area contributed by atoms with Crippen LogP contribution in [0.4, 0.5) is 0 Å². The van der Waals surface area contributed by atoms with Crippen LogP contribution in [0.15, 0.2) is 53.7 Å². The fourth-order valence-corrected chi connectivity index (χ4v) is 3.36. The molecule has 0 amide bonds. The summed E-state index contributed by atoms with van der Waals surface area (Å²) in [7, 11) is 1.66. The largest absolute Gasteiger partial charge is 0.497 e. The number of thioether (sulfide) groups is 1. The molecule has 3 aromatic rings. The van der Waals surface area contributed by atoms with Crippen LogP contribution < -0.4 is 4.74 Å². The quantitative estimate of drug-likeness (QED) is 0.436. The Morgan fingerprint density at radius 1 is 1.00 bits per heavy atom. The van der Waals surface area contributed by atoms with E-state index in [-0.39, 0.29) is 0 Å². The molecule has 2 aromatic carbocycles. The Kier molecular flexibility index (Phi) is 6.30. The third-order valence-corrected chi connectivity index (χ3v) is 4.83. The predicted octanol–water partition coefficient (Wildman–Crippen LogP) is 4.38. The molecule has 0 N–H and O–H groups in total. The molecule has 0 atom stereocenters. The lowest BCUT2D eigenvalue weighted by molar-refractivity contribution is 0.164. The molecule has 0 bridgehead atoms. The molecule has 1 aromatic heterocycles. The standard InChI is InChI=1S/C20H23N3O2S/c1-4-25-13-14-26-20-22-21-19(16-7-11-18(24-3)12-8-16)23(20)17-9-5-15(2)6-10-17/h5-12H,4,13-14H2,1-3H3. The van der Waals surface area contributed by atoms with Crippen LogP contribution in [0.2, 0.25) is 0 Å². The second-order valence-corrected chi connectivity index (χ2v) is 6.81. The molecule has 1 heterocycles. The summed E-state index contributed by atoms with van der Waals surface area (Å²) in [5.74, 6) is 2.47. The zero-order chi connectivity index (χ0) is 18.4. The van der Waals surface area contributed by atoms with Crippen LogP contribution in [0.25, 0.3) is 17.1 Å². The van der Waals surface area contributed by atoms with Crippen LogP contribution in [0, 0.1) is 6.92 Å². The first-order valence-electron chi connectivity index (χ1n) is 8.60. The van der Waals surface area contributed by atoms with Gasteiger partial charge in [-0.2, -0.15) is 0 Å². The summed E-state index contributed by atoms with van der Waals surface area (Å²) >= 11 is 1.65. The summed E-state index contributed by atoms with van der Waals surface area (Å²) in [5.41, 5.74) is 3.26. The predicted molar refractivity (Wildman–Crippen MR) is 105 cm³/mol. The van der Waals surface area contributed by atoms with E-state index in [9.17, 15) is 0 Å². The van der Waals surface area contributed by atoms with Gasteiger partial charge in [-0.25, -0.2) is 0 Å². The minimum atomic E-state index is 0.694. The van der Waals surface area contributed by atoms with Gasteiger partial charge in [-0.05, 0) is 50.2 Å². The maximum atomic E-state index is 5.44. The fraction of sp³-hybridized carbons (Fsp3) is 0.300. The van der Waals surface area contributed by atoms with Gasteiger partial charge in [0, 0.05) is 23.6 Å². The number of rotatable bonds is 8. The summed E-state index contributed by atoms with van der Waals surface area (Å²) in [4.78, 5) is 0. The lowest BCUT2D eigenvalue weighted by atomic mass is 10.2. The maximum Gasteiger partial charge on any atom is 0.196 e. The lowest BCUT2D eigenvalue weighted by Crippen LogP contribution is -2.02. The first kappa shape index (κ1) is 18.5. The Hall–Kier alpha value is -2.31. The summed E-state index contributed by atoms with van der Waals surface area (Å²) in [6.07, 6.45) is 0. The average Bonchev–Trinajstić information content (AvgIpc) is 3.10. The monoisotopic (exact) mass is 369 g/mol. The number of nitrogens with zero attached hydrogens (tertiary/aromatic N) is 3. The van der Waals surface area contributed by atoms with E-state index in [1.54, 1.807) is 18.9 Å². The van der Waals surface area contributed by atoms with E-state index < -0.39 is 0 Å². The molecule has 0 saturated carbocycles. The number of methoxy groups -OCH3 is 1. The van der Waals surface area contributed by atoms with Crippen LogP contribution in [0.1, 0.15) is 12.5 Å². The molecule has 136 valence electrons. The highest BCUT2D eigenvalue weighted by Crippen LogP contribution is 2.29. The van der Waals surface area contributed by atoms with Crippen molar-refractivity contribution >= 4 is 11.8 Å². The second-order valence-electron chi connectivity index (χ2n) is 5.75. The molecule has 0 spiro atoms. The summed E-state index contributed by atoms with van der Waals surface area (Å²) in [6, 6.07) is 16.3. The number of benzene rings is 2. The molecule has 0 fully saturated rings. The van der Waals surface area contributed by atoms with Crippen molar-refractivity contribution in [2.24, 2.45) is 0 Å². The van der Waals surface area contributed by atoms with Gasteiger partial charge in [0.05, 0.1) is 13.7 Å². The van der Waals surface area contributed by atoms with Crippen LogP contribution in [-0.4, -0.2) is 40.8 Å². The highest BCUT2D eigenvalue weighted by molar-refractivity contribution is 7.99. The summed E-state index contributed by atoms with van der Waals surface area (Å²) in [6.45, 7) is 5.50.